The van der Waals surface area contributed by atoms with Gasteiger partial charge < -0.3 is 0 Å². The Bertz CT molecular complexity index is 355. The molecule has 1 atom stereocenters. The van der Waals surface area contributed by atoms with Crippen LogP contribution in [-0.4, -0.2) is 14.2 Å². The van der Waals surface area contributed by atoms with Crippen LogP contribution in [0.15, 0.2) is 17.5 Å². The molecule has 0 bridgehead atoms. The van der Waals surface area contributed by atoms with Crippen molar-refractivity contribution in [2.24, 2.45) is 0 Å². The highest BCUT2D eigenvalue weighted by Crippen LogP contribution is 2.27. The number of sulfonamides is 1. The van der Waals surface area contributed by atoms with E-state index in [2.05, 4.69) is 4.72 Å². The zero-order chi connectivity index (χ0) is 8.60. The van der Waals surface area contributed by atoms with Gasteiger partial charge in [0, 0.05) is 4.88 Å². The molecule has 0 amide bonds. The van der Waals surface area contributed by atoms with Gasteiger partial charge >= 0.3 is 0 Å². The molecule has 1 N–H and O–H groups in total. The Hall–Kier alpha value is -0.390. The van der Waals surface area contributed by atoms with Crippen molar-refractivity contribution >= 4 is 21.4 Å². The summed E-state index contributed by atoms with van der Waals surface area (Å²) in [5.74, 6) is 0.259. The monoisotopic (exact) mass is 203 g/mol. The first kappa shape index (κ1) is 8.22. The minimum atomic E-state index is -2.96. The van der Waals surface area contributed by atoms with Gasteiger partial charge in [0.25, 0.3) is 0 Å². The fourth-order valence-corrected chi connectivity index (χ4v) is 3.53. The van der Waals surface area contributed by atoms with Crippen molar-refractivity contribution in [3.05, 3.63) is 22.4 Å². The summed E-state index contributed by atoms with van der Waals surface area (Å²) in [4.78, 5) is 1.11. The van der Waals surface area contributed by atoms with Gasteiger partial charge in [-0.05, 0) is 17.9 Å². The third-order valence-corrected chi connectivity index (χ3v) is 4.29. The Labute approximate surface area is 75.5 Å². The lowest BCUT2D eigenvalue weighted by atomic mass is 10.2. The van der Waals surface area contributed by atoms with Gasteiger partial charge in [0.05, 0.1) is 11.8 Å². The van der Waals surface area contributed by atoms with Crippen LogP contribution in [0.3, 0.4) is 0 Å². The van der Waals surface area contributed by atoms with Crippen molar-refractivity contribution in [3.8, 4) is 0 Å². The molecule has 2 rings (SSSR count). The Morgan fingerprint density at radius 1 is 1.58 bits per heavy atom. The van der Waals surface area contributed by atoms with Crippen LogP contribution in [-0.2, 0) is 10.0 Å². The lowest BCUT2D eigenvalue weighted by molar-refractivity contribution is 0.587. The van der Waals surface area contributed by atoms with Crippen LogP contribution in [0.4, 0.5) is 0 Å². The first-order valence-electron chi connectivity index (χ1n) is 3.71. The summed E-state index contributed by atoms with van der Waals surface area (Å²) in [5.41, 5.74) is 0. The molecule has 3 nitrogen and oxygen atoms in total. The van der Waals surface area contributed by atoms with Crippen molar-refractivity contribution in [1.29, 1.82) is 0 Å². The standard InChI is InChI=1S/C7H9NO2S2/c9-12(10)5-3-6(8-12)7-2-1-4-11-7/h1-2,4,6,8H,3,5H2/t6-/m0/s1. The average molecular weight is 203 g/mol. The van der Waals surface area contributed by atoms with Crippen LogP contribution < -0.4 is 4.72 Å². The number of hydrogen-bond acceptors (Lipinski definition) is 3. The topological polar surface area (TPSA) is 46.2 Å². The Morgan fingerprint density at radius 2 is 2.42 bits per heavy atom. The molecule has 1 aliphatic heterocycles. The maximum Gasteiger partial charge on any atom is 0.212 e. The predicted octanol–water partition coefficient (Wildman–Crippen LogP) is 1.11. The van der Waals surface area contributed by atoms with E-state index in [1.807, 2.05) is 17.5 Å². The molecule has 1 aromatic heterocycles. The highest BCUT2D eigenvalue weighted by molar-refractivity contribution is 7.89. The largest absolute Gasteiger partial charge is 0.212 e. The highest BCUT2D eigenvalue weighted by Gasteiger charge is 2.28. The second kappa shape index (κ2) is 2.83. The van der Waals surface area contributed by atoms with Crippen molar-refractivity contribution in [2.45, 2.75) is 12.5 Å². The molecular weight excluding hydrogens is 194 g/mol. The molecule has 0 radical (unpaired) electrons. The molecule has 1 saturated heterocycles. The van der Waals surface area contributed by atoms with Crippen molar-refractivity contribution in [1.82, 2.24) is 4.72 Å². The van der Waals surface area contributed by atoms with Gasteiger partial charge in [-0.3, -0.25) is 0 Å². The minimum absolute atomic E-state index is 0.0231. The summed E-state index contributed by atoms with van der Waals surface area (Å²) in [6.07, 6.45) is 0.697. The maximum atomic E-state index is 11.0. The molecule has 0 spiro atoms. The first-order chi connectivity index (χ1) is 5.67. The summed E-state index contributed by atoms with van der Waals surface area (Å²) in [6.45, 7) is 0. The van der Waals surface area contributed by atoms with Gasteiger partial charge in [-0.15, -0.1) is 11.3 Å². The van der Waals surface area contributed by atoms with Gasteiger partial charge in [-0.2, -0.15) is 0 Å². The smallest absolute Gasteiger partial charge is 0.212 e. The lowest BCUT2D eigenvalue weighted by Gasteiger charge is -2.03. The van der Waals surface area contributed by atoms with Gasteiger partial charge in [-0.1, -0.05) is 6.07 Å². The van der Waals surface area contributed by atoms with Crippen LogP contribution in [0.2, 0.25) is 0 Å². The summed E-state index contributed by atoms with van der Waals surface area (Å²) >= 11 is 1.59. The summed E-state index contributed by atoms with van der Waals surface area (Å²) in [6, 6.07) is 3.92. The van der Waals surface area contributed by atoms with Gasteiger partial charge in [-0.25, -0.2) is 13.1 Å². The van der Waals surface area contributed by atoms with Crippen LogP contribution in [0.1, 0.15) is 17.3 Å². The van der Waals surface area contributed by atoms with Crippen LogP contribution in [0.5, 0.6) is 0 Å². The zero-order valence-electron chi connectivity index (χ0n) is 6.36. The molecule has 2 heterocycles. The molecule has 1 aliphatic rings. The molecule has 1 aromatic rings. The van der Waals surface area contributed by atoms with E-state index in [0.717, 1.165) is 4.88 Å². The molecule has 0 aromatic carbocycles. The predicted molar refractivity (Wildman–Crippen MR) is 48.6 cm³/mol. The fourth-order valence-electron chi connectivity index (χ4n) is 1.30. The van der Waals surface area contributed by atoms with E-state index in [9.17, 15) is 8.42 Å². The van der Waals surface area contributed by atoms with Crippen LogP contribution in [0.25, 0.3) is 0 Å². The zero-order valence-corrected chi connectivity index (χ0v) is 7.99. The summed E-state index contributed by atoms with van der Waals surface area (Å²) in [7, 11) is -2.96. The molecule has 0 unspecified atom stereocenters. The molecule has 0 saturated carbocycles. The van der Waals surface area contributed by atoms with Crippen molar-refractivity contribution < 1.29 is 8.42 Å². The van der Waals surface area contributed by atoms with Crippen molar-refractivity contribution in [3.63, 3.8) is 0 Å². The quantitative estimate of drug-likeness (QED) is 0.743. The van der Waals surface area contributed by atoms with Gasteiger partial charge in [0.15, 0.2) is 0 Å². The van der Waals surface area contributed by atoms with Crippen LogP contribution >= 0.6 is 11.3 Å². The van der Waals surface area contributed by atoms with E-state index < -0.39 is 10.0 Å². The highest BCUT2D eigenvalue weighted by atomic mass is 32.2. The van der Waals surface area contributed by atoms with E-state index in [1.54, 1.807) is 11.3 Å². The molecule has 12 heavy (non-hydrogen) atoms. The second-order valence-electron chi connectivity index (χ2n) is 2.79. The molecule has 5 heteroatoms. The number of rotatable bonds is 1. The third kappa shape index (κ3) is 1.53. The van der Waals surface area contributed by atoms with E-state index in [-0.39, 0.29) is 11.8 Å². The lowest BCUT2D eigenvalue weighted by Crippen LogP contribution is -2.18. The number of hydrogen-bond donors (Lipinski definition) is 1. The SMILES string of the molecule is O=S1(=O)CC[C@@H](c2cccs2)N1. The molecule has 0 aliphatic carbocycles. The maximum absolute atomic E-state index is 11.0. The van der Waals surface area contributed by atoms with E-state index in [1.165, 1.54) is 0 Å². The summed E-state index contributed by atoms with van der Waals surface area (Å²) in [5, 5.41) is 1.96. The molecule has 1 fully saturated rings. The van der Waals surface area contributed by atoms with Gasteiger partial charge in [0.2, 0.25) is 10.0 Å². The fraction of sp³-hybridized carbons (Fsp3) is 0.429. The first-order valence-corrected chi connectivity index (χ1v) is 6.24. The third-order valence-electron chi connectivity index (χ3n) is 1.88. The Balaban J connectivity index is 2.21. The van der Waals surface area contributed by atoms with E-state index in [0.29, 0.717) is 6.42 Å². The van der Waals surface area contributed by atoms with E-state index in [4.69, 9.17) is 0 Å². The van der Waals surface area contributed by atoms with E-state index >= 15 is 0 Å². The summed E-state index contributed by atoms with van der Waals surface area (Å²) < 4.78 is 24.7. The molecular formula is C7H9NO2S2. The second-order valence-corrected chi connectivity index (χ2v) is 5.65. The normalized spacial score (nSPS) is 27.5. The van der Waals surface area contributed by atoms with Crippen molar-refractivity contribution in [2.75, 3.05) is 5.75 Å². The van der Waals surface area contributed by atoms with Crippen LogP contribution in [0, 0.1) is 0 Å². The number of thiophene rings is 1. The minimum Gasteiger partial charge on any atom is -0.212 e. The number of nitrogens with one attached hydrogen (secondary N) is 1. The Morgan fingerprint density at radius 3 is 2.92 bits per heavy atom. The average Bonchev–Trinajstić information content (AvgIpc) is 2.55. The van der Waals surface area contributed by atoms with Gasteiger partial charge in [0.1, 0.15) is 0 Å². The Kier molecular flexibility index (Phi) is 1.94. The molecule has 66 valence electrons.